The highest BCUT2D eigenvalue weighted by atomic mass is 19.4. The number of anilines is 1. The molecular formula is C20H20F4N2O2. The van der Waals surface area contributed by atoms with E-state index < -0.39 is 6.36 Å². The van der Waals surface area contributed by atoms with Gasteiger partial charge in [0.05, 0.1) is 0 Å². The minimum absolute atomic E-state index is 0.171. The first kappa shape index (κ1) is 20.1. The van der Waals surface area contributed by atoms with Crippen LogP contribution in [0.4, 0.5) is 23.2 Å². The third-order valence-corrected chi connectivity index (χ3v) is 4.67. The maximum Gasteiger partial charge on any atom is 0.573 e. The first-order valence-corrected chi connectivity index (χ1v) is 8.92. The number of piperidine rings is 1. The van der Waals surface area contributed by atoms with Crippen LogP contribution in [0.2, 0.25) is 0 Å². The van der Waals surface area contributed by atoms with Gasteiger partial charge in [0, 0.05) is 23.7 Å². The van der Waals surface area contributed by atoms with E-state index in [1.165, 1.54) is 18.2 Å². The Balaban J connectivity index is 1.48. The van der Waals surface area contributed by atoms with Gasteiger partial charge in [-0.05, 0) is 56.3 Å². The molecule has 0 atom stereocenters. The van der Waals surface area contributed by atoms with Crippen molar-refractivity contribution in [1.82, 2.24) is 4.90 Å². The summed E-state index contributed by atoms with van der Waals surface area (Å²) in [7, 11) is 0. The first-order chi connectivity index (χ1) is 13.3. The molecule has 0 saturated carbocycles. The number of nitrogens with zero attached hydrogens (tertiary/aromatic N) is 1. The van der Waals surface area contributed by atoms with Gasteiger partial charge < -0.3 is 10.1 Å². The normalized spacial score (nSPS) is 16.0. The molecule has 0 bridgehead atoms. The maximum atomic E-state index is 13.7. The van der Waals surface area contributed by atoms with Crippen LogP contribution in [0.1, 0.15) is 18.4 Å². The number of halogens is 4. The van der Waals surface area contributed by atoms with Gasteiger partial charge in [-0.15, -0.1) is 13.2 Å². The molecule has 1 saturated heterocycles. The molecule has 2 aromatic rings. The summed E-state index contributed by atoms with van der Waals surface area (Å²) in [6.07, 6.45) is -3.48. The predicted molar refractivity (Wildman–Crippen MR) is 96.2 cm³/mol. The molecule has 3 rings (SSSR count). The molecule has 1 aliphatic rings. The van der Waals surface area contributed by atoms with E-state index in [1.54, 1.807) is 18.2 Å². The van der Waals surface area contributed by atoms with Crippen LogP contribution in [0.15, 0.2) is 48.5 Å². The number of hydrogen-bond acceptors (Lipinski definition) is 3. The fraction of sp³-hybridized carbons (Fsp3) is 0.350. The first-order valence-electron chi connectivity index (χ1n) is 8.92. The molecule has 1 heterocycles. The molecule has 0 unspecified atom stereocenters. The lowest BCUT2D eigenvalue weighted by atomic mass is 9.95. The highest BCUT2D eigenvalue weighted by molar-refractivity contribution is 5.92. The zero-order chi connectivity index (χ0) is 20.1. The average Bonchev–Trinajstić information content (AvgIpc) is 2.64. The number of alkyl halides is 3. The number of carbonyl (C=O) groups excluding carboxylic acids is 1. The molecule has 0 spiro atoms. The molecule has 0 aliphatic carbocycles. The minimum atomic E-state index is -4.75. The van der Waals surface area contributed by atoms with Gasteiger partial charge in [0.15, 0.2) is 0 Å². The fourth-order valence-electron chi connectivity index (χ4n) is 3.21. The monoisotopic (exact) mass is 396 g/mol. The van der Waals surface area contributed by atoms with Gasteiger partial charge in [-0.2, -0.15) is 0 Å². The highest BCUT2D eigenvalue weighted by Gasteiger charge is 2.31. The number of carbonyl (C=O) groups is 1. The largest absolute Gasteiger partial charge is 0.573 e. The van der Waals surface area contributed by atoms with Gasteiger partial charge in [-0.3, -0.25) is 9.69 Å². The van der Waals surface area contributed by atoms with E-state index in [0.717, 1.165) is 12.1 Å². The Kier molecular flexibility index (Phi) is 6.18. The number of nitrogens with one attached hydrogen (secondary N) is 1. The van der Waals surface area contributed by atoms with Crippen LogP contribution in [-0.4, -0.2) is 30.3 Å². The molecule has 1 fully saturated rings. The Morgan fingerprint density at radius 1 is 1.07 bits per heavy atom. The number of rotatable bonds is 5. The van der Waals surface area contributed by atoms with Crippen molar-refractivity contribution in [2.75, 3.05) is 18.4 Å². The molecule has 0 radical (unpaired) electrons. The summed E-state index contributed by atoms with van der Waals surface area (Å²) in [6, 6.07) is 11.7. The van der Waals surface area contributed by atoms with E-state index in [4.69, 9.17) is 0 Å². The zero-order valence-corrected chi connectivity index (χ0v) is 15.0. The Hall–Kier alpha value is -2.61. The molecule has 8 heteroatoms. The van der Waals surface area contributed by atoms with E-state index in [0.29, 0.717) is 43.7 Å². The quantitative estimate of drug-likeness (QED) is 0.753. The van der Waals surface area contributed by atoms with Gasteiger partial charge >= 0.3 is 6.36 Å². The van der Waals surface area contributed by atoms with Crippen molar-refractivity contribution in [1.29, 1.82) is 0 Å². The molecule has 1 amide bonds. The van der Waals surface area contributed by atoms with Crippen molar-refractivity contribution in [3.63, 3.8) is 0 Å². The summed E-state index contributed by atoms with van der Waals surface area (Å²) in [5, 5.41) is 2.72. The lowest BCUT2D eigenvalue weighted by molar-refractivity contribution is -0.274. The third-order valence-electron chi connectivity index (χ3n) is 4.67. The van der Waals surface area contributed by atoms with E-state index >= 15 is 0 Å². The van der Waals surface area contributed by atoms with Crippen LogP contribution in [-0.2, 0) is 11.3 Å². The number of hydrogen-bond donors (Lipinski definition) is 1. The van der Waals surface area contributed by atoms with Crippen molar-refractivity contribution in [2.45, 2.75) is 25.7 Å². The van der Waals surface area contributed by atoms with Crippen LogP contribution in [0.5, 0.6) is 5.75 Å². The zero-order valence-electron chi connectivity index (χ0n) is 15.0. The maximum absolute atomic E-state index is 13.7. The molecule has 2 aromatic carbocycles. The molecule has 1 aliphatic heterocycles. The lowest BCUT2D eigenvalue weighted by Crippen LogP contribution is -2.37. The van der Waals surface area contributed by atoms with Crippen molar-refractivity contribution < 1.29 is 27.1 Å². The smallest absolute Gasteiger partial charge is 0.406 e. The highest BCUT2D eigenvalue weighted by Crippen LogP contribution is 2.25. The second kappa shape index (κ2) is 8.60. The van der Waals surface area contributed by atoms with Gasteiger partial charge in [0.1, 0.15) is 11.6 Å². The third kappa shape index (κ3) is 5.69. The van der Waals surface area contributed by atoms with Gasteiger partial charge in [0.2, 0.25) is 5.91 Å². The van der Waals surface area contributed by atoms with Crippen molar-refractivity contribution in [3.05, 3.63) is 59.9 Å². The second-order valence-electron chi connectivity index (χ2n) is 6.70. The molecule has 4 nitrogen and oxygen atoms in total. The number of likely N-dealkylation sites (tertiary alicyclic amines) is 1. The summed E-state index contributed by atoms with van der Waals surface area (Å²) in [5.41, 5.74) is 1.04. The van der Waals surface area contributed by atoms with Gasteiger partial charge in [0.25, 0.3) is 0 Å². The second-order valence-corrected chi connectivity index (χ2v) is 6.70. The Labute approximate surface area is 160 Å². The molecular weight excluding hydrogens is 376 g/mol. The minimum Gasteiger partial charge on any atom is -0.406 e. The standard InChI is InChI=1S/C20H20F4N2O2/c21-18-4-2-1-3-15(18)13-26-11-9-14(10-12-26)19(27)25-16-5-7-17(8-6-16)28-20(22,23)24/h1-8,14H,9-13H2,(H,25,27). The summed E-state index contributed by atoms with van der Waals surface area (Å²) >= 11 is 0. The van der Waals surface area contributed by atoms with Crippen LogP contribution in [0.25, 0.3) is 0 Å². The van der Waals surface area contributed by atoms with Crippen LogP contribution < -0.4 is 10.1 Å². The van der Waals surface area contributed by atoms with E-state index in [9.17, 15) is 22.4 Å². The van der Waals surface area contributed by atoms with E-state index in [-0.39, 0.29) is 23.4 Å². The Bertz CT molecular complexity index is 801. The summed E-state index contributed by atoms with van der Waals surface area (Å²) < 4.78 is 54.1. The van der Waals surface area contributed by atoms with Crippen molar-refractivity contribution >= 4 is 11.6 Å². The van der Waals surface area contributed by atoms with Gasteiger partial charge in [-0.1, -0.05) is 18.2 Å². The Morgan fingerprint density at radius 3 is 2.32 bits per heavy atom. The number of amides is 1. The molecule has 150 valence electrons. The van der Waals surface area contributed by atoms with Crippen LogP contribution in [0, 0.1) is 11.7 Å². The average molecular weight is 396 g/mol. The summed E-state index contributed by atoms with van der Waals surface area (Å²) in [6.45, 7) is 1.84. The number of ether oxygens (including phenoxy) is 1. The number of benzene rings is 2. The van der Waals surface area contributed by atoms with Crippen LogP contribution in [0.3, 0.4) is 0 Å². The summed E-state index contributed by atoms with van der Waals surface area (Å²) in [5.74, 6) is -0.940. The topological polar surface area (TPSA) is 41.6 Å². The molecule has 28 heavy (non-hydrogen) atoms. The lowest BCUT2D eigenvalue weighted by Gasteiger charge is -2.31. The Morgan fingerprint density at radius 2 is 1.71 bits per heavy atom. The van der Waals surface area contributed by atoms with E-state index in [2.05, 4.69) is 15.0 Å². The SMILES string of the molecule is O=C(Nc1ccc(OC(F)(F)F)cc1)C1CCN(Cc2ccccc2F)CC1. The van der Waals surface area contributed by atoms with E-state index in [1.807, 2.05) is 0 Å². The molecule has 1 N–H and O–H groups in total. The van der Waals surface area contributed by atoms with Crippen LogP contribution >= 0.6 is 0 Å². The van der Waals surface area contributed by atoms with Crippen molar-refractivity contribution in [3.8, 4) is 5.75 Å². The predicted octanol–water partition coefficient (Wildman–Crippen LogP) is 4.58. The summed E-state index contributed by atoms with van der Waals surface area (Å²) in [4.78, 5) is 14.5. The van der Waals surface area contributed by atoms with Crippen molar-refractivity contribution in [2.24, 2.45) is 5.92 Å². The van der Waals surface area contributed by atoms with Gasteiger partial charge in [-0.25, -0.2) is 4.39 Å². The molecule has 0 aromatic heterocycles. The fourth-order valence-corrected chi connectivity index (χ4v) is 3.21.